The van der Waals surface area contributed by atoms with Crippen LogP contribution in [-0.4, -0.2) is 42.6 Å². The number of amides is 1. The van der Waals surface area contributed by atoms with Crippen molar-refractivity contribution in [2.75, 3.05) is 26.8 Å². The van der Waals surface area contributed by atoms with Gasteiger partial charge in [-0.15, -0.1) is 11.3 Å². The predicted octanol–water partition coefficient (Wildman–Crippen LogP) is 2.43. The van der Waals surface area contributed by atoms with Gasteiger partial charge in [-0.25, -0.2) is 4.98 Å². The first-order valence-electron chi connectivity index (χ1n) is 7.62. The van der Waals surface area contributed by atoms with Crippen LogP contribution in [0.4, 0.5) is 0 Å². The summed E-state index contributed by atoms with van der Waals surface area (Å²) in [5, 5.41) is 2.87. The summed E-state index contributed by atoms with van der Waals surface area (Å²) in [5.74, 6) is 0.129. The molecular weight excluding hydrogens is 312 g/mol. The topological polar surface area (TPSA) is 51.7 Å². The van der Waals surface area contributed by atoms with Crippen molar-refractivity contribution in [2.24, 2.45) is 0 Å². The molecule has 0 saturated carbocycles. The Labute approximate surface area is 139 Å². The first-order valence-corrected chi connectivity index (χ1v) is 8.50. The highest BCUT2D eigenvalue weighted by atomic mass is 32.1. The molecule has 1 aliphatic rings. The maximum Gasteiger partial charge on any atom is 0.227 e. The van der Waals surface area contributed by atoms with Crippen molar-refractivity contribution in [3.05, 3.63) is 52.0 Å². The zero-order valence-electron chi connectivity index (χ0n) is 13.1. The molecule has 5 nitrogen and oxygen atoms in total. The molecule has 3 rings (SSSR count). The summed E-state index contributed by atoms with van der Waals surface area (Å²) in [6.45, 7) is 2.33. The zero-order chi connectivity index (χ0) is 16.1. The molecule has 1 amide bonds. The summed E-state index contributed by atoms with van der Waals surface area (Å²) in [6, 6.07) is 7.98. The summed E-state index contributed by atoms with van der Waals surface area (Å²) < 4.78 is 10.9. The minimum Gasteiger partial charge on any atom is -0.380 e. The van der Waals surface area contributed by atoms with Crippen molar-refractivity contribution >= 4 is 17.2 Å². The molecule has 6 heteroatoms. The van der Waals surface area contributed by atoms with Crippen molar-refractivity contribution < 1.29 is 14.3 Å². The molecule has 1 aromatic carbocycles. The van der Waals surface area contributed by atoms with Gasteiger partial charge in [0.05, 0.1) is 26.2 Å². The number of thiazole rings is 1. The molecule has 0 unspecified atom stereocenters. The second-order valence-electron chi connectivity index (χ2n) is 5.50. The van der Waals surface area contributed by atoms with E-state index in [1.54, 1.807) is 24.6 Å². The largest absolute Gasteiger partial charge is 0.380 e. The lowest BCUT2D eigenvalue weighted by Crippen LogP contribution is -2.42. The van der Waals surface area contributed by atoms with Crippen LogP contribution in [0.3, 0.4) is 0 Å². The predicted molar refractivity (Wildman–Crippen MR) is 88.2 cm³/mol. The number of morpholine rings is 1. The third-order valence-electron chi connectivity index (χ3n) is 3.80. The molecule has 0 bridgehead atoms. The average Bonchev–Trinajstić information content (AvgIpc) is 3.10. The van der Waals surface area contributed by atoms with Gasteiger partial charge in [-0.2, -0.15) is 0 Å². The second-order valence-corrected chi connectivity index (χ2v) is 6.43. The van der Waals surface area contributed by atoms with E-state index < -0.39 is 0 Å². The highest BCUT2D eigenvalue weighted by Crippen LogP contribution is 2.24. The Kier molecular flexibility index (Phi) is 5.38. The Morgan fingerprint density at radius 1 is 1.48 bits per heavy atom. The highest BCUT2D eigenvalue weighted by Gasteiger charge is 2.26. The van der Waals surface area contributed by atoms with E-state index in [0.717, 1.165) is 16.1 Å². The van der Waals surface area contributed by atoms with Gasteiger partial charge in [0.2, 0.25) is 5.91 Å². The molecule has 0 aliphatic carbocycles. The first kappa shape index (κ1) is 16.1. The Morgan fingerprint density at radius 2 is 2.35 bits per heavy atom. The van der Waals surface area contributed by atoms with Gasteiger partial charge in [-0.1, -0.05) is 24.3 Å². The van der Waals surface area contributed by atoms with E-state index in [0.29, 0.717) is 32.7 Å². The third kappa shape index (κ3) is 4.16. The Hall–Kier alpha value is -1.76. The number of rotatable bonds is 5. The summed E-state index contributed by atoms with van der Waals surface area (Å²) in [4.78, 5) is 18.7. The lowest BCUT2D eigenvalue weighted by molar-refractivity contribution is -0.138. The molecule has 122 valence electrons. The molecule has 1 atom stereocenters. The number of hydrogen-bond donors (Lipinski definition) is 0. The van der Waals surface area contributed by atoms with Gasteiger partial charge >= 0.3 is 0 Å². The summed E-state index contributed by atoms with van der Waals surface area (Å²) in [7, 11) is 1.67. The van der Waals surface area contributed by atoms with Crippen molar-refractivity contribution in [3.8, 4) is 0 Å². The average molecular weight is 332 g/mol. The smallest absolute Gasteiger partial charge is 0.227 e. The van der Waals surface area contributed by atoms with E-state index in [2.05, 4.69) is 4.98 Å². The molecule has 1 aromatic heterocycles. The van der Waals surface area contributed by atoms with E-state index in [4.69, 9.17) is 9.47 Å². The van der Waals surface area contributed by atoms with Crippen molar-refractivity contribution in [3.63, 3.8) is 0 Å². The Balaban J connectivity index is 1.62. The van der Waals surface area contributed by atoms with Crippen LogP contribution in [0.5, 0.6) is 0 Å². The van der Waals surface area contributed by atoms with Crippen LogP contribution in [-0.2, 0) is 27.3 Å². The van der Waals surface area contributed by atoms with Gasteiger partial charge in [-0.05, 0) is 11.1 Å². The molecule has 2 heterocycles. The van der Waals surface area contributed by atoms with Crippen molar-refractivity contribution in [1.82, 2.24) is 9.88 Å². The quantitative estimate of drug-likeness (QED) is 0.844. The van der Waals surface area contributed by atoms with E-state index in [9.17, 15) is 4.79 Å². The molecule has 23 heavy (non-hydrogen) atoms. The molecule has 1 aliphatic heterocycles. The van der Waals surface area contributed by atoms with Crippen LogP contribution >= 0.6 is 11.3 Å². The van der Waals surface area contributed by atoms with Crippen LogP contribution in [0.1, 0.15) is 22.2 Å². The molecule has 0 N–H and O–H groups in total. The number of ether oxygens (including phenoxy) is 2. The third-order valence-corrected chi connectivity index (χ3v) is 4.67. The number of nitrogens with zero attached hydrogens (tertiary/aromatic N) is 2. The highest BCUT2D eigenvalue weighted by molar-refractivity contribution is 7.09. The van der Waals surface area contributed by atoms with Crippen LogP contribution in [0.2, 0.25) is 0 Å². The zero-order valence-corrected chi connectivity index (χ0v) is 13.9. The van der Waals surface area contributed by atoms with Crippen molar-refractivity contribution in [2.45, 2.75) is 19.1 Å². The molecule has 1 saturated heterocycles. The van der Waals surface area contributed by atoms with Gasteiger partial charge in [0.1, 0.15) is 11.1 Å². The summed E-state index contributed by atoms with van der Waals surface area (Å²) >= 11 is 1.57. The fourth-order valence-electron chi connectivity index (χ4n) is 2.70. The second kappa shape index (κ2) is 7.68. The molecule has 0 spiro atoms. The number of benzene rings is 1. The van der Waals surface area contributed by atoms with E-state index >= 15 is 0 Å². The van der Waals surface area contributed by atoms with Gasteiger partial charge in [0.25, 0.3) is 0 Å². The van der Waals surface area contributed by atoms with E-state index in [-0.39, 0.29) is 12.0 Å². The minimum atomic E-state index is -0.104. The van der Waals surface area contributed by atoms with Gasteiger partial charge in [0, 0.05) is 25.2 Å². The minimum absolute atomic E-state index is 0.104. The SMILES string of the molecule is COCc1cccc(CC(=O)N2CCO[C@@H](c3nccs3)C2)c1. The van der Waals surface area contributed by atoms with Gasteiger partial charge < -0.3 is 14.4 Å². The summed E-state index contributed by atoms with van der Waals surface area (Å²) in [6.07, 6.45) is 2.07. The molecule has 0 radical (unpaired) electrons. The molecule has 2 aromatic rings. The monoisotopic (exact) mass is 332 g/mol. The van der Waals surface area contributed by atoms with E-state index in [1.165, 1.54) is 0 Å². The number of carbonyl (C=O) groups excluding carboxylic acids is 1. The Morgan fingerprint density at radius 3 is 3.13 bits per heavy atom. The fourth-order valence-corrected chi connectivity index (χ4v) is 3.38. The number of carbonyl (C=O) groups is 1. The fraction of sp³-hybridized carbons (Fsp3) is 0.412. The van der Waals surface area contributed by atoms with Crippen molar-refractivity contribution in [1.29, 1.82) is 0 Å². The van der Waals surface area contributed by atoms with Crippen LogP contribution in [0.15, 0.2) is 35.8 Å². The molecular formula is C17H20N2O3S. The lowest BCUT2D eigenvalue weighted by Gasteiger charge is -2.32. The lowest BCUT2D eigenvalue weighted by atomic mass is 10.1. The maximum absolute atomic E-state index is 12.6. The van der Waals surface area contributed by atoms with Crippen LogP contribution in [0.25, 0.3) is 0 Å². The standard InChI is InChI=1S/C17H20N2O3S/c1-21-12-14-4-2-3-13(9-14)10-16(20)19-6-7-22-15(11-19)17-18-5-8-23-17/h2-5,8-9,15H,6-7,10-12H2,1H3/t15-/m1/s1. The van der Waals surface area contributed by atoms with Gasteiger partial charge in [-0.3, -0.25) is 4.79 Å². The number of aromatic nitrogens is 1. The maximum atomic E-state index is 12.6. The number of hydrogen-bond acceptors (Lipinski definition) is 5. The first-order chi connectivity index (χ1) is 11.3. The van der Waals surface area contributed by atoms with Crippen LogP contribution < -0.4 is 0 Å². The van der Waals surface area contributed by atoms with E-state index in [1.807, 2.05) is 34.5 Å². The molecule has 1 fully saturated rings. The normalized spacial score (nSPS) is 18.1. The van der Waals surface area contributed by atoms with Gasteiger partial charge in [0.15, 0.2) is 0 Å². The summed E-state index contributed by atoms with van der Waals surface area (Å²) in [5.41, 5.74) is 2.10. The Bertz CT molecular complexity index is 645. The van der Waals surface area contributed by atoms with Crippen LogP contribution in [0, 0.1) is 0 Å². The number of methoxy groups -OCH3 is 1.